The van der Waals surface area contributed by atoms with E-state index in [-0.39, 0.29) is 23.8 Å². The van der Waals surface area contributed by atoms with Crippen molar-refractivity contribution < 1.29 is 22.7 Å². The first-order chi connectivity index (χ1) is 12.8. The number of nitrogens with one attached hydrogen (secondary N) is 2. The molecule has 1 heterocycles. The average Bonchev–Trinajstić information content (AvgIpc) is 2.63. The monoisotopic (exact) mass is 390 g/mol. The summed E-state index contributed by atoms with van der Waals surface area (Å²) in [5, 5.41) is 2.76. The lowest BCUT2D eigenvalue weighted by molar-refractivity contribution is -0.123. The summed E-state index contributed by atoms with van der Waals surface area (Å²) in [5.41, 5.74) is 1.93. The van der Waals surface area contributed by atoms with Gasteiger partial charge in [0.1, 0.15) is 11.5 Å². The highest BCUT2D eigenvalue weighted by atomic mass is 32.2. The number of hydrogen-bond acceptors (Lipinski definition) is 5. The maximum atomic E-state index is 12.6. The van der Waals surface area contributed by atoms with Crippen LogP contribution in [0.1, 0.15) is 17.5 Å². The number of anilines is 1. The summed E-state index contributed by atoms with van der Waals surface area (Å²) in [5.74, 6) is 0.924. The van der Waals surface area contributed by atoms with Crippen molar-refractivity contribution in [1.29, 1.82) is 0 Å². The highest BCUT2D eigenvalue weighted by Gasteiger charge is 2.28. The topological polar surface area (TPSA) is 93.7 Å². The summed E-state index contributed by atoms with van der Waals surface area (Å²) in [4.78, 5) is 12.3. The Bertz CT molecular complexity index is 972. The van der Waals surface area contributed by atoms with Gasteiger partial charge in [-0.15, -0.1) is 0 Å². The lowest BCUT2D eigenvalue weighted by Gasteiger charge is -2.25. The first-order valence-corrected chi connectivity index (χ1v) is 10.0. The second-order valence-electron chi connectivity index (χ2n) is 6.37. The van der Waals surface area contributed by atoms with E-state index in [0.29, 0.717) is 22.7 Å². The van der Waals surface area contributed by atoms with Gasteiger partial charge in [-0.05, 0) is 49.2 Å². The van der Waals surface area contributed by atoms with E-state index >= 15 is 0 Å². The van der Waals surface area contributed by atoms with Crippen molar-refractivity contribution in [3.8, 4) is 11.5 Å². The van der Waals surface area contributed by atoms with E-state index in [1.54, 1.807) is 51.3 Å². The van der Waals surface area contributed by atoms with Crippen LogP contribution in [0.25, 0.3) is 0 Å². The second kappa shape index (κ2) is 7.58. The van der Waals surface area contributed by atoms with Gasteiger partial charge in [0.15, 0.2) is 6.10 Å². The number of para-hydroxylation sites is 2. The number of methoxy groups -OCH3 is 1. The summed E-state index contributed by atoms with van der Waals surface area (Å²) < 4.78 is 38.7. The Morgan fingerprint density at radius 1 is 1.19 bits per heavy atom. The Hall–Kier alpha value is -2.58. The summed E-state index contributed by atoms with van der Waals surface area (Å²) in [7, 11) is -2.17. The van der Waals surface area contributed by atoms with Crippen molar-refractivity contribution in [2.24, 2.45) is 0 Å². The fourth-order valence-electron chi connectivity index (χ4n) is 2.96. The molecule has 144 valence electrons. The van der Waals surface area contributed by atoms with Crippen molar-refractivity contribution in [2.75, 3.05) is 19.0 Å². The Morgan fingerprint density at radius 2 is 1.93 bits per heavy atom. The van der Waals surface area contributed by atoms with E-state index < -0.39 is 16.1 Å². The van der Waals surface area contributed by atoms with Crippen LogP contribution < -0.4 is 19.5 Å². The highest BCUT2D eigenvalue weighted by molar-refractivity contribution is 7.89. The quantitative estimate of drug-likeness (QED) is 0.790. The number of fused-ring (bicyclic) bond motifs is 1. The minimum atomic E-state index is -3.71. The molecule has 0 fully saturated rings. The van der Waals surface area contributed by atoms with Gasteiger partial charge in [-0.2, -0.15) is 0 Å². The fraction of sp³-hybridized carbons (Fsp3) is 0.316. The predicted molar refractivity (Wildman–Crippen MR) is 102 cm³/mol. The molecule has 1 aliphatic rings. The minimum absolute atomic E-state index is 0.0765. The van der Waals surface area contributed by atoms with Gasteiger partial charge in [-0.25, -0.2) is 13.1 Å². The zero-order chi connectivity index (χ0) is 19.6. The Balaban J connectivity index is 1.67. The van der Waals surface area contributed by atoms with Crippen molar-refractivity contribution in [3.05, 3.63) is 47.5 Å². The third-order valence-electron chi connectivity index (χ3n) is 4.39. The summed E-state index contributed by atoms with van der Waals surface area (Å²) in [6, 6.07) is 10.4. The average molecular weight is 390 g/mol. The van der Waals surface area contributed by atoms with Crippen LogP contribution in [0, 0.1) is 13.8 Å². The minimum Gasteiger partial charge on any atom is -0.496 e. The van der Waals surface area contributed by atoms with Crippen LogP contribution in [0.2, 0.25) is 0 Å². The molecule has 0 aromatic heterocycles. The molecule has 1 amide bonds. The van der Waals surface area contributed by atoms with Crippen molar-refractivity contribution in [3.63, 3.8) is 0 Å². The molecular formula is C19H22N2O5S. The smallest absolute Gasteiger partial charge is 0.265 e. The zero-order valence-electron chi connectivity index (χ0n) is 15.4. The molecule has 0 radical (unpaired) electrons. The van der Waals surface area contributed by atoms with Gasteiger partial charge in [0.05, 0.1) is 17.7 Å². The van der Waals surface area contributed by atoms with E-state index in [4.69, 9.17) is 9.47 Å². The molecule has 0 bridgehead atoms. The van der Waals surface area contributed by atoms with Gasteiger partial charge >= 0.3 is 0 Å². The molecule has 2 N–H and O–H groups in total. The molecular weight excluding hydrogens is 368 g/mol. The van der Waals surface area contributed by atoms with Crippen molar-refractivity contribution in [1.82, 2.24) is 4.72 Å². The molecule has 0 saturated heterocycles. The van der Waals surface area contributed by atoms with E-state index in [1.165, 1.54) is 0 Å². The third kappa shape index (κ3) is 4.06. The number of hydrogen-bond donors (Lipinski definition) is 2. The molecule has 3 rings (SSSR count). The molecule has 7 nitrogen and oxygen atoms in total. The van der Waals surface area contributed by atoms with Gasteiger partial charge in [0.2, 0.25) is 10.0 Å². The highest BCUT2D eigenvalue weighted by Crippen LogP contribution is 2.29. The molecule has 27 heavy (non-hydrogen) atoms. The van der Waals surface area contributed by atoms with Crippen LogP contribution in [-0.2, 0) is 14.8 Å². The standard InChI is InChI=1S/C19H22N2O5S/c1-12-11-18(13(2)10-17(12)25-3)27(23,24)20-9-8-16-19(22)21-14-6-4-5-7-15(14)26-16/h4-7,10-11,16,20H,8-9H2,1-3H3,(H,21,22). The molecule has 1 atom stereocenters. The molecule has 2 aromatic carbocycles. The second-order valence-corrected chi connectivity index (χ2v) is 8.10. The number of amides is 1. The first-order valence-electron chi connectivity index (χ1n) is 8.53. The van der Waals surface area contributed by atoms with Crippen molar-refractivity contribution >= 4 is 21.6 Å². The number of carbonyl (C=O) groups excluding carboxylic acids is 1. The normalized spacial score (nSPS) is 16.3. The molecule has 0 saturated carbocycles. The number of sulfonamides is 1. The van der Waals surface area contributed by atoms with E-state index in [9.17, 15) is 13.2 Å². The third-order valence-corrected chi connectivity index (χ3v) is 5.99. The van der Waals surface area contributed by atoms with Gasteiger partial charge < -0.3 is 14.8 Å². The summed E-state index contributed by atoms with van der Waals surface area (Å²) >= 11 is 0. The molecule has 0 aliphatic carbocycles. The number of aryl methyl sites for hydroxylation is 2. The number of ether oxygens (including phenoxy) is 2. The van der Waals surface area contributed by atoms with Gasteiger partial charge in [-0.1, -0.05) is 12.1 Å². The largest absolute Gasteiger partial charge is 0.496 e. The van der Waals surface area contributed by atoms with Gasteiger partial charge in [0, 0.05) is 13.0 Å². The van der Waals surface area contributed by atoms with E-state index in [2.05, 4.69) is 10.0 Å². The van der Waals surface area contributed by atoms with Gasteiger partial charge in [-0.3, -0.25) is 4.79 Å². The van der Waals surface area contributed by atoms with Crippen molar-refractivity contribution in [2.45, 2.75) is 31.3 Å². The molecule has 0 spiro atoms. The van der Waals surface area contributed by atoms with E-state index in [0.717, 1.165) is 5.56 Å². The zero-order valence-corrected chi connectivity index (χ0v) is 16.2. The van der Waals surface area contributed by atoms with Crippen LogP contribution in [0.5, 0.6) is 11.5 Å². The van der Waals surface area contributed by atoms with E-state index in [1.807, 2.05) is 6.07 Å². The molecule has 1 aliphatic heterocycles. The van der Waals surface area contributed by atoms with Crippen LogP contribution in [0.3, 0.4) is 0 Å². The Morgan fingerprint density at radius 3 is 2.67 bits per heavy atom. The fourth-order valence-corrected chi connectivity index (χ4v) is 4.31. The van der Waals surface area contributed by atoms with Crippen LogP contribution in [0.4, 0.5) is 5.69 Å². The Labute approximate surface area is 158 Å². The first kappa shape index (κ1) is 19.2. The molecule has 8 heteroatoms. The maximum Gasteiger partial charge on any atom is 0.265 e. The maximum absolute atomic E-state index is 12.6. The van der Waals surface area contributed by atoms with Crippen LogP contribution in [0.15, 0.2) is 41.3 Å². The lowest BCUT2D eigenvalue weighted by atomic mass is 10.1. The molecule has 1 unspecified atom stereocenters. The molecule has 2 aromatic rings. The number of carbonyl (C=O) groups is 1. The number of benzene rings is 2. The number of rotatable bonds is 6. The lowest BCUT2D eigenvalue weighted by Crippen LogP contribution is -2.39. The Kier molecular flexibility index (Phi) is 5.38. The van der Waals surface area contributed by atoms with Crippen LogP contribution >= 0.6 is 0 Å². The van der Waals surface area contributed by atoms with Gasteiger partial charge in [0.25, 0.3) is 5.91 Å². The summed E-state index contributed by atoms with van der Waals surface area (Å²) in [6.07, 6.45) is -0.533. The SMILES string of the molecule is COc1cc(C)c(S(=O)(=O)NCCC2Oc3ccccc3NC2=O)cc1C. The predicted octanol–water partition coefficient (Wildman–Crippen LogP) is 2.38. The van der Waals surface area contributed by atoms with Crippen LogP contribution in [-0.4, -0.2) is 34.1 Å². The summed E-state index contributed by atoms with van der Waals surface area (Å²) in [6.45, 7) is 3.58.